The molecule has 0 saturated heterocycles. The van der Waals surface area contributed by atoms with Crippen molar-refractivity contribution < 1.29 is 19.1 Å². The minimum absolute atomic E-state index is 0.280. The largest absolute Gasteiger partial charge is 0.463 e. The molecule has 0 fully saturated rings. The third kappa shape index (κ3) is 4.75. The summed E-state index contributed by atoms with van der Waals surface area (Å²) in [5, 5.41) is 0.469. The SMILES string of the molecule is CCOC(=O)/C=C/c1cc(Cl)ccc1C(=O)OCC. The Balaban J connectivity index is 3.00. The first-order valence-corrected chi connectivity index (χ1v) is 6.27. The van der Waals surface area contributed by atoms with Crippen molar-refractivity contribution in [3.8, 4) is 0 Å². The van der Waals surface area contributed by atoms with Crippen LogP contribution in [0, 0.1) is 0 Å². The minimum Gasteiger partial charge on any atom is -0.463 e. The van der Waals surface area contributed by atoms with Gasteiger partial charge in [-0.15, -0.1) is 0 Å². The second kappa shape index (κ2) is 7.59. The monoisotopic (exact) mass is 282 g/mol. The maximum Gasteiger partial charge on any atom is 0.338 e. The van der Waals surface area contributed by atoms with Gasteiger partial charge in [0.2, 0.25) is 0 Å². The quantitative estimate of drug-likeness (QED) is 0.615. The molecular formula is C14H15ClO4. The van der Waals surface area contributed by atoms with Gasteiger partial charge >= 0.3 is 11.9 Å². The maximum absolute atomic E-state index is 11.7. The van der Waals surface area contributed by atoms with Gasteiger partial charge in [-0.2, -0.15) is 0 Å². The molecule has 1 aromatic rings. The van der Waals surface area contributed by atoms with Gasteiger partial charge in [-0.3, -0.25) is 0 Å². The molecule has 0 radical (unpaired) electrons. The molecule has 0 heterocycles. The van der Waals surface area contributed by atoms with Gasteiger partial charge in [-0.1, -0.05) is 11.6 Å². The first-order valence-electron chi connectivity index (χ1n) is 5.90. The lowest BCUT2D eigenvalue weighted by Crippen LogP contribution is -2.06. The van der Waals surface area contributed by atoms with Crippen molar-refractivity contribution in [2.75, 3.05) is 13.2 Å². The fraction of sp³-hybridized carbons (Fsp3) is 0.286. The minimum atomic E-state index is -0.475. The molecule has 0 N–H and O–H groups in total. The first kappa shape index (κ1) is 15.2. The Morgan fingerprint density at radius 2 is 1.89 bits per heavy atom. The van der Waals surface area contributed by atoms with Crippen molar-refractivity contribution in [3.63, 3.8) is 0 Å². The van der Waals surface area contributed by atoms with Crippen LogP contribution in [0.3, 0.4) is 0 Å². The van der Waals surface area contributed by atoms with Crippen LogP contribution in [0.15, 0.2) is 24.3 Å². The highest BCUT2D eigenvalue weighted by Crippen LogP contribution is 2.18. The molecule has 19 heavy (non-hydrogen) atoms. The Hall–Kier alpha value is -1.81. The third-order valence-electron chi connectivity index (χ3n) is 2.19. The molecule has 0 aliphatic carbocycles. The molecule has 0 aromatic heterocycles. The van der Waals surface area contributed by atoms with Crippen LogP contribution in [-0.2, 0) is 14.3 Å². The number of esters is 2. The third-order valence-corrected chi connectivity index (χ3v) is 2.43. The summed E-state index contributed by atoms with van der Waals surface area (Å²) >= 11 is 5.87. The summed E-state index contributed by atoms with van der Waals surface area (Å²) in [6.07, 6.45) is 2.73. The number of hydrogen-bond donors (Lipinski definition) is 0. The predicted molar refractivity (Wildman–Crippen MR) is 73.1 cm³/mol. The summed E-state index contributed by atoms with van der Waals surface area (Å²) in [7, 11) is 0. The fourth-order valence-electron chi connectivity index (χ4n) is 1.41. The molecule has 1 rings (SSSR count). The second-order valence-electron chi connectivity index (χ2n) is 3.54. The number of carbonyl (C=O) groups excluding carboxylic acids is 2. The van der Waals surface area contributed by atoms with Crippen LogP contribution in [-0.4, -0.2) is 25.2 Å². The smallest absolute Gasteiger partial charge is 0.338 e. The Kier molecular flexibility index (Phi) is 6.09. The number of rotatable bonds is 5. The van der Waals surface area contributed by atoms with Crippen molar-refractivity contribution in [1.29, 1.82) is 0 Å². The van der Waals surface area contributed by atoms with E-state index in [1.165, 1.54) is 12.2 Å². The number of benzene rings is 1. The summed E-state index contributed by atoms with van der Waals surface area (Å²) in [4.78, 5) is 23.0. The van der Waals surface area contributed by atoms with Crippen LogP contribution < -0.4 is 0 Å². The van der Waals surface area contributed by atoms with Crippen LogP contribution in [0.4, 0.5) is 0 Å². The van der Waals surface area contributed by atoms with E-state index in [-0.39, 0.29) is 6.61 Å². The summed E-state index contributed by atoms with van der Waals surface area (Å²) in [6.45, 7) is 4.02. The summed E-state index contributed by atoms with van der Waals surface area (Å²) in [6, 6.07) is 4.74. The zero-order valence-electron chi connectivity index (χ0n) is 10.8. The number of halogens is 1. The highest BCUT2D eigenvalue weighted by atomic mass is 35.5. The van der Waals surface area contributed by atoms with E-state index < -0.39 is 11.9 Å². The van der Waals surface area contributed by atoms with Gasteiger partial charge in [-0.05, 0) is 43.7 Å². The lowest BCUT2D eigenvalue weighted by Gasteiger charge is -2.06. The molecule has 102 valence electrons. The van der Waals surface area contributed by atoms with Gasteiger partial charge in [0.05, 0.1) is 18.8 Å². The predicted octanol–water partition coefficient (Wildman–Crippen LogP) is 3.09. The standard InChI is InChI=1S/C14H15ClO4/c1-3-18-13(16)8-5-10-9-11(15)6-7-12(10)14(17)19-4-2/h5-9H,3-4H2,1-2H3/b8-5+. The van der Waals surface area contributed by atoms with E-state index in [9.17, 15) is 9.59 Å². The second-order valence-corrected chi connectivity index (χ2v) is 3.97. The zero-order valence-corrected chi connectivity index (χ0v) is 11.6. The molecular weight excluding hydrogens is 268 g/mol. The van der Waals surface area contributed by atoms with Crippen molar-refractivity contribution in [1.82, 2.24) is 0 Å². The summed E-state index contributed by atoms with van der Waals surface area (Å²) in [5.74, 6) is -0.931. The fourth-order valence-corrected chi connectivity index (χ4v) is 1.59. The van der Waals surface area contributed by atoms with Crippen molar-refractivity contribution in [2.24, 2.45) is 0 Å². The molecule has 0 spiro atoms. The van der Waals surface area contributed by atoms with Gasteiger partial charge < -0.3 is 9.47 Å². The van der Waals surface area contributed by atoms with E-state index in [4.69, 9.17) is 21.1 Å². The van der Waals surface area contributed by atoms with E-state index in [1.54, 1.807) is 32.0 Å². The van der Waals surface area contributed by atoms with E-state index in [0.29, 0.717) is 22.8 Å². The molecule has 4 nitrogen and oxygen atoms in total. The molecule has 0 atom stereocenters. The van der Waals surface area contributed by atoms with Gasteiger partial charge in [0.25, 0.3) is 0 Å². The highest BCUT2D eigenvalue weighted by molar-refractivity contribution is 6.30. The van der Waals surface area contributed by atoms with Crippen LogP contribution in [0.5, 0.6) is 0 Å². The van der Waals surface area contributed by atoms with Crippen molar-refractivity contribution in [2.45, 2.75) is 13.8 Å². The molecule has 0 amide bonds. The Labute approximate surface area is 117 Å². The van der Waals surface area contributed by atoms with Crippen LogP contribution >= 0.6 is 11.6 Å². The van der Waals surface area contributed by atoms with E-state index in [1.807, 2.05) is 0 Å². The lowest BCUT2D eigenvalue weighted by atomic mass is 10.1. The Bertz CT molecular complexity index is 494. The molecule has 0 aliphatic heterocycles. The highest BCUT2D eigenvalue weighted by Gasteiger charge is 2.11. The average Bonchev–Trinajstić information content (AvgIpc) is 2.37. The number of carbonyl (C=O) groups is 2. The molecule has 0 bridgehead atoms. The Morgan fingerprint density at radius 1 is 1.21 bits per heavy atom. The van der Waals surface area contributed by atoms with Crippen LogP contribution in [0.1, 0.15) is 29.8 Å². The van der Waals surface area contributed by atoms with Crippen molar-refractivity contribution in [3.05, 3.63) is 40.4 Å². The molecule has 0 unspecified atom stereocenters. The average molecular weight is 283 g/mol. The maximum atomic E-state index is 11.7. The van der Waals surface area contributed by atoms with Gasteiger partial charge in [0.15, 0.2) is 0 Å². The molecule has 1 aromatic carbocycles. The molecule has 0 aliphatic rings. The Morgan fingerprint density at radius 3 is 2.53 bits per heavy atom. The topological polar surface area (TPSA) is 52.6 Å². The summed E-state index contributed by atoms with van der Waals surface area (Å²) in [5.41, 5.74) is 0.866. The molecule has 0 saturated carbocycles. The normalized spacial score (nSPS) is 10.5. The zero-order chi connectivity index (χ0) is 14.3. The van der Waals surface area contributed by atoms with Crippen molar-refractivity contribution >= 4 is 29.6 Å². The van der Waals surface area contributed by atoms with Gasteiger partial charge in [0.1, 0.15) is 0 Å². The van der Waals surface area contributed by atoms with E-state index in [0.717, 1.165) is 0 Å². The number of ether oxygens (including phenoxy) is 2. The first-order chi connectivity index (χ1) is 9.08. The van der Waals surface area contributed by atoms with Gasteiger partial charge in [0, 0.05) is 11.1 Å². The lowest BCUT2D eigenvalue weighted by molar-refractivity contribution is -0.137. The van der Waals surface area contributed by atoms with Crippen LogP contribution in [0.2, 0.25) is 5.02 Å². The van der Waals surface area contributed by atoms with E-state index in [2.05, 4.69) is 0 Å². The van der Waals surface area contributed by atoms with E-state index >= 15 is 0 Å². The molecule has 5 heteroatoms. The summed E-state index contributed by atoms with van der Waals surface area (Å²) < 4.78 is 9.70. The van der Waals surface area contributed by atoms with Crippen LogP contribution in [0.25, 0.3) is 6.08 Å². The van der Waals surface area contributed by atoms with Gasteiger partial charge in [-0.25, -0.2) is 9.59 Å². The number of hydrogen-bond acceptors (Lipinski definition) is 4.